The molecule has 1 aromatic heterocycles. The number of fused-ring (bicyclic) bond motifs is 1. The molecule has 104 valence electrons. The minimum atomic E-state index is -0.0757. The summed E-state index contributed by atoms with van der Waals surface area (Å²) in [5.74, 6) is -0.0757. The summed E-state index contributed by atoms with van der Waals surface area (Å²) in [7, 11) is 0. The van der Waals surface area contributed by atoms with Crippen LogP contribution in [-0.4, -0.2) is 16.1 Å². The van der Waals surface area contributed by atoms with E-state index in [0.717, 1.165) is 36.1 Å². The molecule has 0 atom stereocenters. The van der Waals surface area contributed by atoms with Crippen LogP contribution in [0.15, 0.2) is 30.3 Å². The highest BCUT2D eigenvalue weighted by Crippen LogP contribution is 2.21. The number of aromatic amines is 1. The van der Waals surface area contributed by atoms with Crippen molar-refractivity contribution in [2.45, 2.75) is 38.6 Å². The van der Waals surface area contributed by atoms with E-state index in [2.05, 4.69) is 15.5 Å². The topological polar surface area (TPSA) is 57.8 Å². The lowest BCUT2D eigenvalue weighted by Crippen LogP contribution is -2.24. The third-order valence-electron chi connectivity index (χ3n) is 3.82. The van der Waals surface area contributed by atoms with Crippen molar-refractivity contribution < 1.29 is 4.79 Å². The molecular formula is C16H19N3O. The Labute approximate surface area is 118 Å². The lowest BCUT2D eigenvalue weighted by molar-refractivity contribution is 0.0945. The summed E-state index contributed by atoms with van der Waals surface area (Å²) >= 11 is 0. The number of benzene rings is 1. The van der Waals surface area contributed by atoms with Gasteiger partial charge in [0.05, 0.1) is 0 Å². The molecule has 2 N–H and O–H groups in total. The van der Waals surface area contributed by atoms with Crippen molar-refractivity contribution in [3.8, 4) is 0 Å². The van der Waals surface area contributed by atoms with Gasteiger partial charge in [-0.1, -0.05) is 36.8 Å². The molecule has 0 saturated heterocycles. The highest BCUT2D eigenvalue weighted by atomic mass is 16.1. The van der Waals surface area contributed by atoms with Crippen LogP contribution in [0.25, 0.3) is 0 Å². The van der Waals surface area contributed by atoms with E-state index in [4.69, 9.17) is 0 Å². The zero-order valence-electron chi connectivity index (χ0n) is 11.5. The molecule has 1 aliphatic carbocycles. The van der Waals surface area contributed by atoms with Gasteiger partial charge in [0.25, 0.3) is 5.91 Å². The SMILES string of the molecule is O=C(NCc1ccccc1)c1n[nH]c2c1CCCCC2. The molecule has 0 spiro atoms. The molecule has 0 fully saturated rings. The minimum Gasteiger partial charge on any atom is -0.347 e. The van der Waals surface area contributed by atoms with Crippen molar-refractivity contribution in [2.75, 3.05) is 0 Å². The first-order valence-corrected chi connectivity index (χ1v) is 7.23. The van der Waals surface area contributed by atoms with Crippen molar-refractivity contribution in [3.05, 3.63) is 52.8 Å². The normalized spacial score (nSPS) is 14.4. The zero-order chi connectivity index (χ0) is 13.8. The molecule has 4 nitrogen and oxygen atoms in total. The molecule has 1 heterocycles. The molecule has 0 saturated carbocycles. The molecule has 0 unspecified atom stereocenters. The molecule has 2 aromatic rings. The number of carbonyl (C=O) groups is 1. The quantitative estimate of drug-likeness (QED) is 0.841. The minimum absolute atomic E-state index is 0.0757. The lowest BCUT2D eigenvalue weighted by Gasteiger charge is -2.05. The first kappa shape index (κ1) is 12.9. The predicted molar refractivity (Wildman–Crippen MR) is 77.5 cm³/mol. The first-order chi connectivity index (χ1) is 9.84. The van der Waals surface area contributed by atoms with Crippen molar-refractivity contribution in [1.82, 2.24) is 15.5 Å². The molecule has 1 amide bonds. The number of H-pyrrole nitrogens is 1. The summed E-state index contributed by atoms with van der Waals surface area (Å²) in [6.07, 6.45) is 5.52. The molecule has 0 aliphatic heterocycles. The van der Waals surface area contributed by atoms with Crippen LogP contribution >= 0.6 is 0 Å². The van der Waals surface area contributed by atoms with Gasteiger partial charge in [-0.3, -0.25) is 9.89 Å². The van der Waals surface area contributed by atoms with E-state index in [1.54, 1.807) is 0 Å². The highest BCUT2D eigenvalue weighted by Gasteiger charge is 2.20. The molecule has 20 heavy (non-hydrogen) atoms. The summed E-state index contributed by atoms with van der Waals surface area (Å²) < 4.78 is 0. The van der Waals surface area contributed by atoms with Crippen molar-refractivity contribution in [2.24, 2.45) is 0 Å². The summed E-state index contributed by atoms with van der Waals surface area (Å²) in [5.41, 5.74) is 3.95. The largest absolute Gasteiger partial charge is 0.347 e. The number of amides is 1. The van der Waals surface area contributed by atoms with Crippen LogP contribution in [0.1, 0.15) is 46.6 Å². The number of hydrogen-bond acceptors (Lipinski definition) is 2. The van der Waals surface area contributed by atoms with Gasteiger partial charge in [0.15, 0.2) is 5.69 Å². The van der Waals surface area contributed by atoms with Gasteiger partial charge in [0.1, 0.15) is 0 Å². The van der Waals surface area contributed by atoms with E-state index >= 15 is 0 Å². The predicted octanol–water partition coefficient (Wildman–Crippen LogP) is 2.61. The fourth-order valence-electron chi connectivity index (χ4n) is 2.71. The van der Waals surface area contributed by atoms with E-state index in [1.807, 2.05) is 30.3 Å². The van der Waals surface area contributed by atoms with E-state index in [0.29, 0.717) is 12.2 Å². The Morgan fingerprint density at radius 1 is 1.15 bits per heavy atom. The van der Waals surface area contributed by atoms with Crippen LogP contribution in [0.5, 0.6) is 0 Å². The summed E-state index contributed by atoms with van der Waals surface area (Å²) in [5, 5.41) is 10.2. The molecule has 0 radical (unpaired) electrons. The van der Waals surface area contributed by atoms with Crippen LogP contribution in [0.4, 0.5) is 0 Å². The van der Waals surface area contributed by atoms with Gasteiger partial charge < -0.3 is 5.32 Å². The molecule has 1 aromatic carbocycles. The third kappa shape index (κ3) is 2.74. The Balaban J connectivity index is 1.70. The third-order valence-corrected chi connectivity index (χ3v) is 3.82. The van der Waals surface area contributed by atoms with E-state index in [-0.39, 0.29) is 5.91 Å². The molecule has 1 aliphatic rings. The smallest absolute Gasteiger partial charge is 0.272 e. The lowest BCUT2D eigenvalue weighted by atomic mass is 10.1. The molecule has 4 heteroatoms. The van der Waals surface area contributed by atoms with Crippen LogP contribution in [0.2, 0.25) is 0 Å². The zero-order valence-corrected chi connectivity index (χ0v) is 11.5. The first-order valence-electron chi connectivity index (χ1n) is 7.23. The van der Waals surface area contributed by atoms with E-state index in [9.17, 15) is 4.79 Å². The molecule has 3 rings (SSSR count). The number of hydrogen-bond donors (Lipinski definition) is 2. The van der Waals surface area contributed by atoms with Gasteiger partial charge in [0, 0.05) is 17.8 Å². The Morgan fingerprint density at radius 2 is 1.95 bits per heavy atom. The Kier molecular flexibility index (Phi) is 3.81. The second-order valence-electron chi connectivity index (χ2n) is 5.26. The second kappa shape index (κ2) is 5.90. The van der Waals surface area contributed by atoms with Gasteiger partial charge in [-0.05, 0) is 31.2 Å². The Morgan fingerprint density at radius 3 is 2.80 bits per heavy atom. The van der Waals surface area contributed by atoms with Gasteiger partial charge in [0.2, 0.25) is 0 Å². The fourth-order valence-corrected chi connectivity index (χ4v) is 2.71. The van der Waals surface area contributed by atoms with Crippen LogP contribution in [-0.2, 0) is 19.4 Å². The maximum Gasteiger partial charge on any atom is 0.272 e. The van der Waals surface area contributed by atoms with Crippen molar-refractivity contribution in [3.63, 3.8) is 0 Å². The Bertz CT molecular complexity index is 589. The van der Waals surface area contributed by atoms with Crippen molar-refractivity contribution >= 4 is 5.91 Å². The van der Waals surface area contributed by atoms with Gasteiger partial charge in [-0.2, -0.15) is 5.10 Å². The standard InChI is InChI=1S/C16H19N3O/c20-16(17-11-12-7-3-1-4-8-12)15-13-9-5-2-6-10-14(13)18-19-15/h1,3-4,7-8H,2,5-6,9-11H2,(H,17,20)(H,18,19). The number of carbonyl (C=O) groups excluding carboxylic acids is 1. The summed E-state index contributed by atoms with van der Waals surface area (Å²) in [6, 6.07) is 9.93. The number of aromatic nitrogens is 2. The maximum atomic E-state index is 12.3. The monoisotopic (exact) mass is 269 g/mol. The average molecular weight is 269 g/mol. The van der Waals surface area contributed by atoms with E-state index < -0.39 is 0 Å². The Hall–Kier alpha value is -2.10. The van der Waals surface area contributed by atoms with Crippen molar-refractivity contribution in [1.29, 1.82) is 0 Å². The number of nitrogens with zero attached hydrogens (tertiary/aromatic N) is 1. The fraction of sp³-hybridized carbons (Fsp3) is 0.375. The number of nitrogens with one attached hydrogen (secondary N) is 2. The number of rotatable bonds is 3. The molecule has 0 bridgehead atoms. The van der Waals surface area contributed by atoms with Crippen LogP contribution < -0.4 is 5.32 Å². The van der Waals surface area contributed by atoms with Crippen LogP contribution in [0.3, 0.4) is 0 Å². The molecular weight excluding hydrogens is 250 g/mol. The number of aryl methyl sites for hydroxylation is 1. The highest BCUT2D eigenvalue weighted by molar-refractivity contribution is 5.93. The maximum absolute atomic E-state index is 12.3. The van der Waals surface area contributed by atoms with E-state index in [1.165, 1.54) is 12.8 Å². The van der Waals surface area contributed by atoms with Gasteiger partial charge >= 0.3 is 0 Å². The van der Waals surface area contributed by atoms with Crippen LogP contribution in [0, 0.1) is 0 Å². The summed E-state index contributed by atoms with van der Waals surface area (Å²) in [4.78, 5) is 12.3. The second-order valence-corrected chi connectivity index (χ2v) is 5.26. The average Bonchev–Trinajstić information content (AvgIpc) is 2.75. The summed E-state index contributed by atoms with van der Waals surface area (Å²) in [6.45, 7) is 0.543. The van der Waals surface area contributed by atoms with Gasteiger partial charge in [-0.25, -0.2) is 0 Å². The van der Waals surface area contributed by atoms with Gasteiger partial charge in [-0.15, -0.1) is 0 Å².